The fourth-order valence-corrected chi connectivity index (χ4v) is 2.11. The molecule has 0 radical (unpaired) electrons. The number of benzene rings is 2. The molecule has 0 fully saturated rings. The zero-order valence-corrected chi connectivity index (χ0v) is 12.4. The number of nitrogens with two attached hydrogens (primary N) is 1. The number of nitrogens with zero attached hydrogens (tertiary/aromatic N) is 2. The van der Waals surface area contributed by atoms with E-state index in [2.05, 4.69) is 20.7 Å². The molecule has 0 unspecified atom stereocenters. The smallest absolute Gasteiger partial charge is 0.255 e. The number of amides is 1. The van der Waals surface area contributed by atoms with Gasteiger partial charge in [-0.1, -0.05) is 11.3 Å². The van der Waals surface area contributed by atoms with E-state index in [9.17, 15) is 4.79 Å². The average molecular weight is 309 g/mol. The molecule has 0 saturated heterocycles. The Kier molecular flexibility index (Phi) is 3.92. The van der Waals surface area contributed by atoms with Crippen LogP contribution in [0.2, 0.25) is 0 Å². The number of rotatable bonds is 4. The predicted molar refractivity (Wildman–Crippen MR) is 87.2 cm³/mol. The van der Waals surface area contributed by atoms with Crippen molar-refractivity contribution in [3.8, 4) is 17.0 Å². The molecule has 3 rings (SSSR count). The van der Waals surface area contributed by atoms with Crippen LogP contribution < -0.4 is 15.8 Å². The van der Waals surface area contributed by atoms with Gasteiger partial charge in [-0.3, -0.25) is 9.89 Å². The third kappa shape index (κ3) is 3.13. The van der Waals surface area contributed by atoms with Gasteiger partial charge in [0.25, 0.3) is 5.91 Å². The molecular weight excluding hydrogens is 294 g/mol. The summed E-state index contributed by atoms with van der Waals surface area (Å²) in [5.74, 6) is 0.439. The molecule has 0 aliphatic rings. The van der Waals surface area contributed by atoms with Crippen molar-refractivity contribution in [2.45, 2.75) is 0 Å². The second-order valence-corrected chi connectivity index (χ2v) is 4.85. The van der Waals surface area contributed by atoms with Gasteiger partial charge in [0, 0.05) is 11.1 Å². The maximum atomic E-state index is 12.3. The highest BCUT2D eigenvalue weighted by atomic mass is 16.5. The van der Waals surface area contributed by atoms with E-state index in [4.69, 9.17) is 10.5 Å². The zero-order valence-electron chi connectivity index (χ0n) is 12.4. The summed E-state index contributed by atoms with van der Waals surface area (Å²) in [6.45, 7) is 0. The Morgan fingerprint density at radius 3 is 2.65 bits per heavy atom. The van der Waals surface area contributed by atoms with E-state index in [0.29, 0.717) is 22.7 Å². The Morgan fingerprint density at radius 1 is 1.22 bits per heavy atom. The van der Waals surface area contributed by atoms with Crippen LogP contribution in [0.3, 0.4) is 0 Å². The first-order valence-electron chi connectivity index (χ1n) is 6.89. The number of carbonyl (C=O) groups excluding carboxylic acids is 1. The van der Waals surface area contributed by atoms with Gasteiger partial charge in [0.2, 0.25) is 0 Å². The largest absolute Gasteiger partial charge is 0.497 e. The molecule has 1 amide bonds. The SMILES string of the molecule is COc1ccc(C(=O)Nc2cc(-c3cnn[nH]3)ccc2N)cc1. The van der Waals surface area contributed by atoms with Gasteiger partial charge in [-0.05, 0) is 36.4 Å². The van der Waals surface area contributed by atoms with Crippen LogP contribution in [0.4, 0.5) is 11.4 Å². The fraction of sp³-hybridized carbons (Fsp3) is 0.0625. The number of carbonyl (C=O) groups is 1. The summed E-state index contributed by atoms with van der Waals surface area (Å²) in [6.07, 6.45) is 1.60. The van der Waals surface area contributed by atoms with Crippen LogP contribution in [0.5, 0.6) is 5.75 Å². The highest BCUT2D eigenvalue weighted by molar-refractivity contribution is 6.06. The topological polar surface area (TPSA) is 106 Å². The minimum Gasteiger partial charge on any atom is -0.497 e. The Bertz CT molecular complexity index is 813. The lowest BCUT2D eigenvalue weighted by molar-refractivity contribution is 0.102. The van der Waals surface area contributed by atoms with Crippen molar-refractivity contribution in [2.75, 3.05) is 18.2 Å². The Morgan fingerprint density at radius 2 is 2.00 bits per heavy atom. The highest BCUT2D eigenvalue weighted by Gasteiger charge is 2.10. The summed E-state index contributed by atoms with van der Waals surface area (Å²) in [5.41, 5.74) is 9.02. The maximum Gasteiger partial charge on any atom is 0.255 e. The summed E-state index contributed by atoms with van der Waals surface area (Å²) in [6, 6.07) is 12.1. The number of hydrogen-bond donors (Lipinski definition) is 3. The number of H-pyrrole nitrogens is 1. The van der Waals surface area contributed by atoms with Crippen LogP contribution in [-0.2, 0) is 0 Å². The molecule has 0 spiro atoms. The number of nitrogens with one attached hydrogen (secondary N) is 2. The van der Waals surface area contributed by atoms with Crippen LogP contribution in [0, 0.1) is 0 Å². The number of ether oxygens (including phenoxy) is 1. The molecule has 4 N–H and O–H groups in total. The number of anilines is 2. The van der Waals surface area contributed by atoms with Gasteiger partial charge in [0.15, 0.2) is 0 Å². The van der Waals surface area contributed by atoms with Gasteiger partial charge in [0.05, 0.1) is 30.4 Å². The van der Waals surface area contributed by atoms with Gasteiger partial charge in [0.1, 0.15) is 5.75 Å². The molecule has 0 aliphatic heterocycles. The quantitative estimate of drug-likeness (QED) is 0.641. The number of methoxy groups -OCH3 is 1. The van der Waals surface area contributed by atoms with Gasteiger partial charge < -0.3 is 15.8 Å². The van der Waals surface area contributed by atoms with E-state index < -0.39 is 0 Å². The molecule has 7 heteroatoms. The summed E-state index contributed by atoms with van der Waals surface area (Å²) < 4.78 is 5.08. The second-order valence-electron chi connectivity index (χ2n) is 4.85. The van der Waals surface area contributed by atoms with E-state index in [1.165, 1.54) is 0 Å². The maximum absolute atomic E-state index is 12.3. The van der Waals surface area contributed by atoms with Crippen LogP contribution in [0.25, 0.3) is 11.3 Å². The molecule has 0 bridgehead atoms. The minimum absolute atomic E-state index is 0.251. The summed E-state index contributed by atoms with van der Waals surface area (Å²) >= 11 is 0. The average Bonchev–Trinajstić information content (AvgIpc) is 3.11. The van der Waals surface area contributed by atoms with E-state index in [1.54, 1.807) is 49.7 Å². The van der Waals surface area contributed by atoms with E-state index in [1.807, 2.05) is 6.07 Å². The molecule has 23 heavy (non-hydrogen) atoms. The van der Waals surface area contributed by atoms with Crippen LogP contribution in [-0.4, -0.2) is 28.4 Å². The van der Waals surface area contributed by atoms with Gasteiger partial charge in [-0.15, -0.1) is 5.10 Å². The molecule has 0 saturated carbocycles. The van der Waals surface area contributed by atoms with Crippen molar-refractivity contribution in [2.24, 2.45) is 0 Å². The minimum atomic E-state index is -0.251. The normalized spacial score (nSPS) is 10.3. The molecule has 7 nitrogen and oxygen atoms in total. The van der Waals surface area contributed by atoms with Gasteiger partial charge >= 0.3 is 0 Å². The van der Waals surface area contributed by atoms with Crippen LogP contribution in [0.1, 0.15) is 10.4 Å². The number of nitrogen functional groups attached to an aromatic ring is 1. The molecule has 1 heterocycles. The van der Waals surface area contributed by atoms with E-state index in [0.717, 1.165) is 11.3 Å². The standard InChI is InChI=1S/C16H15N5O2/c1-23-12-5-2-10(3-6-12)16(22)19-14-8-11(4-7-13(14)17)15-9-18-21-20-15/h2-9H,17H2,1H3,(H,19,22)(H,18,20,21). The summed E-state index contributed by atoms with van der Waals surface area (Å²) in [7, 11) is 1.57. The number of aromatic amines is 1. The predicted octanol–water partition coefficient (Wildman–Crippen LogP) is 2.31. The molecule has 1 aromatic heterocycles. The molecule has 116 valence electrons. The molecule has 0 atom stereocenters. The van der Waals surface area contributed by atoms with Gasteiger partial charge in [-0.25, -0.2) is 0 Å². The molecule has 3 aromatic rings. The van der Waals surface area contributed by atoms with Crippen molar-refractivity contribution in [1.29, 1.82) is 0 Å². The number of hydrogen-bond acceptors (Lipinski definition) is 5. The van der Waals surface area contributed by atoms with Gasteiger partial charge in [-0.2, -0.15) is 0 Å². The Balaban J connectivity index is 1.83. The third-order valence-corrected chi connectivity index (χ3v) is 3.38. The van der Waals surface area contributed by atoms with Crippen molar-refractivity contribution < 1.29 is 9.53 Å². The van der Waals surface area contributed by atoms with Crippen molar-refractivity contribution in [1.82, 2.24) is 15.4 Å². The Hall–Kier alpha value is -3.35. The Labute approximate surface area is 132 Å². The summed E-state index contributed by atoms with van der Waals surface area (Å²) in [5, 5.41) is 13.0. The van der Waals surface area contributed by atoms with E-state index >= 15 is 0 Å². The first-order valence-corrected chi connectivity index (χ1v) is 6.89. The fourth-order valence-electron chi connectivity index (χ4n) is 2.11. The van der Waals surface area contributed by atoms with Crippen LogP contribution in [0.15, 0.2) is 48.7 Å². The van der Waals surface area contributed by atoms with Crippen LogP contribution >= 0.6 is 0 Å². The molecule has 2 aromatic carbocycles. The van der Waals surface area contributed by atoms with E-state index in [-0.39, 0.29) is 5.91 Å². The zero-order chi connectivity index (χ0) is 16.2. The van der Waals surface area contributed by atoms with Crippen molar-refractivity contribution in [3.05, 3.63) is 54.2 Å². The first kappa shape index (κ1) is 14.6. The number of aromatic nitrogens is 3. The lowest BCUT2D eigenvalue weighted by atomic mass is 10.1. The second kappa shape index (κ2) is 6.18. The molecular formula is C16H15N5O2. The molecule has 0 aliphatic carbocycles. The van der Waals surface area contributed by atoms with Crippen molar-refractivity contribution >= 4 is 17.3 Å². The first-order chi connectivity index (χ1) is 11.2. The lowest BCUT2D eigenvalue weighted by Gasteiger charge is -2.10. The summed E-state index contributed by atoms with van der Waals surface area (Å²) in [4.78, 5) is 12.3. The monoisotopic (exact) mass is 309 g/mol. The highest BCUT2D eigenvalue weighted by Crippen LogP contribution is 2.26. The van der Waals surface area contributed by atoms with Crippen molar-refractivity contribution in [3.63, 3.8) is 0 Å². The third-order valence-electron chi connectivity index (χ3n) is 3.38. The lowest BCUT2D eigenvalue weighted by Crippen LogP contribution is -2.13.